The van der Waals surface area contributed by atoms with Gasteiger partial charge in [0.25, 0.3) is 5.91 Å². The number of nitrogens with one attached hydrogen (secondary N) is 2. The van der Waals surface area contributed by atoms with Gasteiger partial charge in [-0.3, -0.25) is 9.59 Å². The van der Waals surface area contributed by atoms with Crippen molar-refractivity contribution in [2.75, 3.05) is 17.2 Å². The average Bonchev–Trinajstić information content (AvgIpc) is 2.51. The molecule has 0 unspecified atom stereocenters. The molecule has 0 heterocycles. The third kappa shape index (κ3) is 4.07. The quantitative estimate of drug-likeness (QED) is 0.810. The molecular weight excluding hydrogens is 302 g/mol. The molecule has 0 saturated carbocycles. The maximum Gasteiger partial charge on any atom is 0.255 e. The molecule has 0 fully saturated rings. The van der Waals surface area contributed by atoms with E-state index in [1.807, 2.05) is 19.1 Å². The monoisotopic (exact) mass is 317 g/mol. The first-order chi connectivity index (χ1) is 10.5. The fourth-order valence-corrected chi connectivity index (χ4v) is 1.97. The van der Waals surface area contributed by atoms with Crippen molar-refractivity contribution < 1.29 is 9.59 Å². The first kappa shape index (κ1) is 16.0. The summed E-state index contributed by atoms with van der Waals surface area (Å²) in [7, 11) is 0. The number of carbonyl (C=O) groups is 2. The van der Waals surface area contributed by atoms with Crippen molar-refractivity contribution in [3.8, 4) is 0 Å². The molecule has 0 aliphatic carbocycles. The van der Waals surface area contributed by atoms with E-state index in [0.717, 1.165) is 5.56 Å². The van der Waals surface area contributed by atoms with E-state index in [-0.39, 0.29) is 18.4 Å². The van der Waals surface area contributed by atoms with Crippen LogP contribution in [0.3, 0.4) is 0 Å². The molecule has 0 bridgehead atoms. The Morgan fingerprint density at radius 1 is 1.09 bits per heavy atom. The van der Waals surface area contributed by atoms with Crippen LogP contribution in [-0.4, -0.2) is 18.4 Å². The second kappa shape index (κ2) is 7.06. The second-order valence-electron chi connectivity index (χ2n) is 4.77. The van der Waals surface area contributed by atoms with Gasteiger partial charge in [0.05, 0.1) is 17.3 Å². The molecule has 0 radical (unpaired) electrons. The van der Waals surface area contributed by atoms with E-state index in [2.05, 4.69) is 10.6 Å². The summed E-state index contributed by atoms with van der Waals surface area (Å²) in [6.07, 6.45) is 0. The molecule has 22 heavy (non-hydrogen) atoms. The number of halogens is 1. The van der Waals surface area contributed by atoms with Crippen LogP contribution in [0.4, 0.5) is 11.4 Å². The van der Waals surface area contributed by atoms with E-state index in [4.69, 9.17) is 17.3 Å². The molecule has 0 spiro atoms. The summed E-state index contributed by atoms with van der Waals surface area (Å²) in [5.74, 6) is -0.595. The summed E-state index contributed by atoms with van der Waals surface area (Å²) in [6.45, 7) is 1.81. The lowest BCUT2D eigenvalue weighted by atomic mass is 10.1. The molecule has 0 saturated heterocycles. The fourth-order valence-electron chi connectivity index (χ4n) is 1.81. The molecule has 2 aromatic rings. The minimum Gasteiger partial charge on any atom is -0.324 e. The molecule has 6 heteroatoms. The molecule has 0 aromatic heterocycles. The molecule has 2 aromatic carbocycles. The number of hydrogen-bond donors (Lipinski definition) is 3. The summed E-state index contributed by atoms with van der Waals surface area (Å²) in [5.41, 5.74) is 7.81. The van der Waals surface area contributed by atoms with Crippen LogP contribution in [0.5, 0.6) is 0 Å². The van der Waals surface area contributed by atoms with Crippen LogP contribution in [0.1, 0.15) is 15.9 Å². The Kier molecular flexibility index (Phi) is 5.14. The lowest BCUT2D eigenvalue weighted by Gasteiger charge is -2.10. The van der Waals surface area contributed by atoms with Gasteiger partial charge in [0.2, 0.25) is 5.91 Å². The Balaban J connectivity index is 2.15. The Morgan fingerprint density at radius 2 is 1.77 bits per heavy atom. The Labute approximate surface area is 133 Å². The van der Waals surface area contributed by atoms with Crippen LogP contribution >= 0.6 is 11.6 Å². The highest BCUT2D eigenvalue weighted by Crippen LogP contribution is 2.25. The van der Waals surface area contributed by atoms with E-state index < -0.39 is 0 Å². The van der Waals surface area contributed by atoms with Gasteiger partial charge in [0.15, 0.2) is 0 Å². The minimum absolute atomic E-state index is 0.143. The van der Waals surface area contributed by atoms with Crippen LogP contribution in [0.2, 0.25) is 5.02 Å². The summed E-state index contributed by atoms with van der Waals surface area (Å²) in [5, 5.41) is 5.70. The highest BCUT2D eigenvalue weighted by molar-refractivity contribution is 6.33. The Hall–Kier alpha value is -2.37. The van der Waals surface area contributed by atoms with Crippen LogP contribution in [0.25, 0.3) is 0 Å². The van der Waals surface area contributed by atoms with Gasteiger partial charge < -0.3 is 16.4 Å². The van der Waals surface area contributed by atoms with Gasteiger partial charge in [-0.25, -0.2) is 0 Å². The maximum absolute atomic E-state index is 12.1. The smallest absolute Gasteiger partial charge is 0.255 e. The molecular formula is C16H16ClN3O2. The third-order valence-corrected chi connectivity index (χ3v) is 3.33. The minimum atomic E-state index is -0.357. The molecule has 0 aliphatic heterocycles. The van der Waals surface area contributed by atoms with Crippen LogP contribution in [0.15, 0.2) is 42.5 Å². The number of amides is 2. The highest BCUT2D eigenvalue weighted by Gasteiger charge is 2.09. The van der Waals surface area contributed by atoms with Crippen molar-refractivity contribution in [3.63, 3.8) is 0 Å². The standard InChI is InChI=1S/C16H16ClN3O2/c1-10-2-4-11(5-3-10)16(22)19-12-6-7-13(17)14(8-12)20-15(21)9-18/h2-8H,9,18H2,1H3,(H,19,22)(H,20,21). The largest absolute Gasteiger partial charge is 0.324 e. The number of rotatable bonds is 4. The van der Waals surface area contributed by atoms with Gasteiger partial charge in [-0.15, -0.1) is 0 Å². The van der Waals surface area contributed by atoms with Crippen LogP contribution < -0.4 is 16.4 Å². The van der Waals surface area contributed by atoms with Crippen LogP contribution in [0, 0.1) is 6.92 Å². The van der Waals surface area contributed by atoms with Crippen molar-refractivity contribution in [2.45, 2.75) is 6.92 Å². The van der Waals surface area contributed by atoms with Crippen molar-refractivity contribution in [1.29, 1.82) is 0 Å². The lowest BCUT2D eigenvalue weighted by Crippen LogP contribution is -2.22. The van der Waals surface area contributed by atoms with Gasteiger partial charge in [-0.2, -0.15) is 0 Å². The number of nitrogens with two attached hydrogens (primary N) is 1. The van der Waals surface area contributed by atoms with E-state index in [1.54, 1.807) is 30.3 Å². The van der Waals surface area contributed by atoms with Gasteiger partial charge in [0, 0.05) is 11.3 Å². The molecule has 2 rings (SSSR count). The topological polar surface area (TPSA) is 84.2 Å². The predicted molar refractivity (Wildman–Crippen MR) is 88.3 cm³/mol. The normalized spacial score (nSPS) is 10.1. The van der Waals surface area contributed by atoms with Crippen molar-refractivity contribution in [3.05, 3.63) is 58.6 Å². The summed E-state index contributed by atoms with van der Waals surface area (Å²) in [4.78, 5) is 23.5. The zero-order valence-electron chi connectivity index (χ0n) is 12.0. The summed E-state index contributed by atoms with van der Waals surface area (Å²) < 4.78 is 0. The third-order valence-electron chi connectivity index (χ3n) is 3.00. The highest BCUT2D eigenvalue weighted by atomic mass is 35.5. The molecule has 4 N–H and O–H groups in total. The lowest BCUT2D eigenvalue weighted by molar-refractivity contribution is -0.114. The van der Waals surface area contributed by atoms with E-state index in [0.29, 0.717) is 22.0 Å². The van der Waals surface area contributed by atoms with Crippen molar-refractivity contribution in [2.24, 2.45) is 5.73 Å². The zero-order chi connectivity index (χ0) is 16.1. The van der Waals surface area contributed by atoms with Crippen molar-refractivity contribution in [1.82, 2.24) is 0 Å². The molecule has 114 valence electrons. The van der Waals surface area contributed by atoms with Gasteiger partial charge >= 0.3 is 0 Å². The van der Waals surface area contributed by atoms with Crippen molar-refractivity contribution >= 4 is 34.8 Å². The fraction of sp³-hybridized carbons (Fsp3) is 0.125. The van der Waals surface area contributed by atoms with Gasteiger partial charge in [-0.1, -0.05) is 29.3 Å². The average molecular weight is 318 g/mol. The van der Waals surface area contributed by atoms with Gasteiger partial charge in [0.1, 0.15) is 0 Å². The zero-order valence-corrected chi connectivity index (χ0v) is 12.8. The van der Waals surface area contributed by atoms with E-state index in [9.17, 15) is 9.59 Å². The Bertz CT molecular complexity index is 699. The molecule has 0 atom stereocenters. The maximum atomic E-state index is 12.1. The predicted octanol–water partition coefficient (Wildman–Crippen LogP) is 2.80. The van der Waals surface area contributed by atoms with Crippen LogP contribution in [-0.2, 0) is 4.79 Å². The second-order valence-corrected chi connectivity index (χ2v) is 5.17. The summed E-state index contributed by atoms with van der Waals surface area (Å²) >= 11 is 6.00. The number of benzene rings is 2. The molecule has 2 amide bonds. The molecule has 0 aliphatic rings. The summed E-state index contributed by atoms with van der Waals surface area (Å²) in [6, 6.07) is 12.1. The number of carbonyl (C=O) groups excluding carboxylic acids is 2. The van der Waals surface area contributed by atoms with Gasteiger partial charge in [-0.05, 0) is 37.3 Å². The first-order valence-electron chi connectivity index (χ1n) is 6.67. The molecule has 5 nitrogen and oxygen atoms in total. The number of hydrogen-bond acceptors (Lipinski definition) is 3. The number of anilines is 2. The van der Waals surface area contributed by atoms with E-state index in [1.165, 1.54) is 0 Å². The number of aryl methyl sites for hydroxylation is 1. The Morgan fingerprint density at radius 3 is 2.41 bits per heavy atom. The first-order valence-corrected chi connectivity index (χ1v) is 7.05. The van der Waals surface area contributed by atoms with E-state index >= 15 is 0 Å². The SMILES string of the molecule is Cc1ccc(C(=O)Nc2ccc(Cl)c(NC(=O)CN)c2)cc1.